The molecule has 2 heterocycles. The van der Waals surface area contributed by atoms with Crippen molar-refractivity contribution in [2.24, 2.45) is 0 Å². The van der Waals surface area contributed by atoms with Crippen molar-refractivity contribution in [1.82, 2.24) is 25.7 Å². The highest BCUT2D eigenvalue weighted by atomic mass is 32.1. The molecule has 2 aromatic rings. The van der Waals surface area contributed by atoms with Gasteiger partial charge in [-0.25, -0.2) is 0 Å². The van der Waals surface area contributed by atoms with Crippen LogP contribution in [0.3, 0.4) is 0 Å². The first-order valence-electron chi connectivity index (χ1n) is 5.40. The smallest absolute Gasteiger partial charge is 0.282 e. The third-order valence-corrected chi connectivity index (χ3v) is 2.86. The predicted octanol–water partition coefficient (Wildman–Crippen LogP) is 0.325. The Morgan fingerprint density at radius 1 is 1.50 bits per heavy atom. The number of amides is 1. The summed E-state index contributed by atoms with van der Waals surface area (Å²) in [6.07, 6.45) is 1.81. The standard InChI is InChI=1S/C9H12N6O2S/c1-2-10-9-15-14-8(18-9)7(16)11-4-3-6-12-5-13-17-6/h5H,2-4H2,1H3,(H,10,15)(H,11,16). The van der Waals surface area contributed by atoms with E-state index in [-0.39, 0.29) is 5.91 Å². The van der Waals surface area contributed by atoms with Gasteiger partial charge in [0.2, 0.25) is 16.0 Å². The molecule has 0 fully saturated rings. The highest BCUT2D eigenvalue weighted by molar-refractivity contribution is 7.17. The summed E-state index contributed by atoms with van der Waals surface area (Å²) in [5.74, 6) is 0.233. The number of aromatic nitrogens is 4. The van der Waals surface area contributed by atoms with E-state index in [4.69, 9.17) is 4.52 Å². The molecule has 0 saturated heterocycles. The van der Waals surface area contributed by atoms with Crippen molar-refractivity contribution in [3.05, 3.63) is 17.2 Å². The zero-order valence-corrected chi connectivity index (χ0v) is 10.5. The fourth-order valence-corrected chi connectivity index (χ4v) is 1.93. The second-order valence-electron chi connectivity index (χ2n) is 3.28. The minimum absolute atomic E-state index is 0.254. The molecule has 2 N–H and O–H groups in total. The van der Waals surface area contributed by atoms with Crippen molar-refractivity contribution in [1.29, 1.82) is 0 Å². The first kappa shape index (κ1) is 12.4. The van der Waals surface area contributed by atoms with Crippen LogP contribution in [0.5, 0.6) is 0 Å². The minimum Gasteiger partial charge on any atom is -0.360 e. The first-order chi connectivity index (χ1) is 8.79. The summed E-state index contributed by atoms with van der Waals surface area (Å²) in [7, 11) is 0. The Morgan fingerprint density at radius 2 is 2.39 bits per heavy atom. The number of nitrogens with one attached hydrogen (secondary N) is 2. The SMILES string of the molecule is CCNc1nnc(C(=O)NCCc2ncno2)s1. The van der Waals surface area contributed by atoms with Crippen LogP contribution in [0.15, 0.2) is 10.9 Å². The van der Waals surface area contributed by atoms with Crippen molar-refractivity contribution in [3.8, 4) is 0 Å². The van der Waals surface area contributed by atoms with E-state index in [2.05, 4.69) is 31.0 Å². The molecule has 0 bridgehead atoms. The lowest BCUT2D eigenvalue weighted by atomic mass is 10.4. The third kappa shape index (κ3) is 3.23. The molecular formula is C9H12N6O2S. The molecule has 0 radical (unpaired) electrons. The second kappa shape index (κ2) is 6.05. The molecule has 0 unspecified atom stereocenters. The van der Waals surface area contributed by atoms with Crippen LogP contribution < -0.4 is 10.6 Å². The van der Waals surface area contributed by atoms with Crippen molar-refractivity contribution >= 4 is 22.4 Å². The maximum Gasteiger partial charge on any atom is 0.282 e. The van der Waals surface area contributed by atoms with Gasteiger partial charge in [0.05, 0.1) is 0 Å². The van der Waals surface area contributed by atoms with E-state index < -0.39 is 0 Å². The fraction of sp³-hybridized carbons (Fsp3) is 0.444. The number of carbonyl (C=O) groups is 1. The molecule has 8 nitrogen and oxygen atoms in total. The molecule has 0 aliphatic rings. The van der Waals surface area contributed by atoms with Crippen molar-refractivity contribution in [2.45, 2.75) is 13.3 Å². The summed E-state index contributed by atoms with van der Waals surface area (Å²) < 4.78 is 4.81. The highest BCUT2D eigenvalue weighted by Crippen LogP contribution is 2.14. The monoisotopic (exact) mass is 268 g/mol. The Kier molecular flexibility index (Phi) is 4.18. The highest BCUT2D eigenvalue weighted by Gasteiger charge is 2.12. The van der Waals surface area contributed by atoms with Crippen LogP contribution in [0.25, 0.3) is 0 Å². The normalized spacial score (nSPS) is 10.3. The van der Waals surface area contributed by atoms with Gasteiger partial charge in [-0.15, -0.1) is 10.2 Å². The topological polar surface area (TPSA) is 106 Å². The van der Waals surface area contributed by atoms with E-state index in [0.717, 1.165) is 6.54 Å². The molecule has 0 saturated carbocycles. The largest absolute Gasteiger partial charge is 0.360 e. The van der Waals surface area contributed by atoms with Crippen molar-refractivity contribution < 1.29 is 9.32 Å². The van der Waals surface area contributed by atoms with Crippen LogP contribution in [0, 0.1) is 0 Å². The maximum atomic E-state index is 11.7. The Balaban J connectivity index is 1.80. The molecule has 0 aromatic carbocycles. The lowest BCUT2D eigenvalue weighted by Crippen LogP contribution is -2.25. The van der Waals surface area contributed by atoms with Gasteiger partial charge in [0.1, 0.15) is 0 Å². The van der Waals surface area contributed by atoms with Gasteiger partial charge in [-0.3, -0.25) is 4.79 Å². The molecule has 2 rings (SSSR count). The van der Waals surface area contributed by atoms with Crippen LogP contribution >= 0.6 is 11.3 Å². The molecule has 1 amide bonds. The number of rotatable bonds is 6. The second-order valence-corrected chi connectivity index (χ2v) is 4.26. The Hall–Kier alpha value is -2.03. The van der Waals surface area contributed by atoms with Crippen LogP contribution in [-0.4, -0.2) is 39.3 Å². The van der Waals surface area contributed by atoms with E-state index >= 15 is 0 Å². The van der Waals surface area contributed by atoms with Crippen LogP contribution in [0.4, 0.5) is 5.13 Å². The average molecular weight is 268 g/mol. The third-order valence-electron chi connectivity index (χ3n) is 1.98. The number of hydrogen-bond donors (Lipinski definition) is 2. The summed E-state index contributed by atoms with van der Waals surface area (Å²) in [6.45, 7) is 3.11. The quantitative estimate of drug-likeness (QED) is 0.777. The number of anilines is 1. The molecule has 0 aliphatic carbocycles. The lowest BCUT2D eigenvalue weighted by Gasteiger charge is -1.98. The van der Waals surface area contributed by atoms with Gasteiger partial charge in [0, 0.05) is 19.5 Å². The van der Waals surface area contributed by atoms with Crippen molar-refractivity contribution in [3.63, 3.8) is 0 Å². The number of nitrogens with zero attached hydrogens (tertiary/aromatic N) is 4. The predicted molar refractivity (Wildman–Crippen MR) is 64.4 cm³/mol. The number of carbonyl (C=O) groups excluding carboxylic acids is 1. The maximum absolute atomic E-state index is 11.7. The zero-order valence-electron chi connectivity index (χ0n) is 9.71. The summed E-state index contributed by atoms with van der Waals surface area (Å²) in [5.41, 5.74) is 0. The Bertz CT molecular complexity index is 497. The van der Waals surface area contributed by atoms with E-state index in [9.17, 15) is 4.79 Å². The van der Waals surface area contributed by atoms with E-state index in [1.807, 2.05) is 6.92 Å². The summed E-state index contributed by atoms with van der Waals surface area (Å²) in [6, 6.07) is 0. The molecular weight excluding hydrogens is 256 g/mol. The first-order valence-corrected chi connectivity index (χ1v) is 6.22. The van der Waals surface area contributed by atoms with E-state index in [1.165, 1.54) is 17.7 Å². The van der Waals surface area contributed by atoms with Crippen molar-refractivity contribution in [2.75, 3.05) is 18.4 Å². The molecule has 9 heteroatoms. The molecule has 2 aromatic heterocycles. The molecule has 0 spiro atoms. The van der Waals surface area contributed by atoms with Gasteiger partial charge >= 0.3 is 0 Å². The van der Waals surface area contributed by atoms with Gasteiger partial charge in [-0.2, -0.15) is 4.98 Å². The number of hydrogen-bond acceptors (Lipinski definition) is 8. The Morgan fingerprint density at radius 3 is 3.11 bits per heavy atom. The van der Waals surface area contributed by atoms with Gasteiger partial charge < -0.3 is 15.2 Å². The van der Waals surface area contributed by atoms with E-state index in [0.29, 0.717) is 29.0 Å². The molecule has 96 valence electrons. The molecule has 0 aliphatic heterocycles. The lowest BCUT2D eigenvalue weighted by molar-refractivity contribution is 0.0952. The molecule has 18 heavy (non-hydrogen) atoms. The van der Waals surface area contributed by atoms with Gasteiger partial charge in [0.15, 0.2) is 6.33 Å². The van der Waals surface area contributed by atoms with Crippen LogP contribution in [0.1, 0.15) is 22.6 Å². The molecule has 0 atom stereocenters. The van der Waals surface area contributed by atoms with Crippen LogP contribution in [-0.2, 0) is 6.42 Å². The summed E-state index contributed by atoms with van der Waals surface area (Å²) in [4.78, 5) is 15.5. The van der Waals surface area contributed by atoms with Gasteiger partial charge in [0.25, 0.3) is 5.91 Å². The fourth-order valence-electron chi connectivity index (χ4n) is 1.20. The van der Waals surface area contributed by atoms with Crippen LogP contribution in [0.2, 0.25) is 0 Å². The van der Waals surface area contributed by atoms with Gasteiger partial charge in [-0.1, -0.05) is 16.5 Å². The minimum atomic E-state index is -0.254. The summed E-state index contributed by atoms with van der Waals surface area (Å²) in [5, 5.41) is 17.8. The summed E-state index contributed by atoms with van der Waals surface area (Å²) >= 11 is 1.22. The van der Waals surface area contributed by atoms with Gasteiger partial charge in [-0.05, 0) is 6.92 Å². The average Bonchev–Trinajstić information content (AvgIpc) is 3.00. The van der Waals surface area contributed by atoms with E-state index in [1.54, 1.807) is 0 Å². The zero-order chi connectivity index (χ0) is 12.8. The Labute approximate surface area is 107 Å².